The van der Waals surface area contributed by atoms with Crippen LogP contribution in [0.25, 0.3) is 0 Å². The van der Waals surface area contributed by atoms with Crippen molar-refractivity contribution >= 4 is 0 Å². The Balaban J connectivity index is 1.88. The first-order chi connectivity index (χ1) is 8.40. The van der Waals surface area contributed by atoms with Gasteiger partial charge in [0.1, 0.15) is 0 Å². The van der Waals surface area contributed by atoms with Gasteiger partial charge in [-0.1, -0.05) is 31.2 Å². The van der Waals surface area contributed by atoms with E-state index in [-0.39, 0.29) is 0 Å². The van der Waals surface area contributed by atoms with Gasteiger partial charge in [-0.2, -0.15) is 0 Å². The number of hydrogen-bond acceptors (Lipinski definition) is 1. The summed E-state index contributed by atoms with van der Waals surface area (Å²) in [4.78, 5) is 2.75. The second-order valence-corrected chi connectivity index (χ2v) is 5.59. The molecule has 1 heteroatoms. The van der Waals surface area contributed by atoms with Gasteiger partial charge in [-0.15, -0.1) is 0 Å². The normalized spacial score (nSPS) is 28.5. The molecule has 1 nitrogen and oxygen atoms in total. The molecular formula is C16H23N. The Morgan fingerprint density at radius 3 is 3.00 bits per heavy atom. The topological polar surface area (TPSA) is 3.24 Å². The molecule has 0 aromatic heterocycles. The smallest absolute Gasteiger partial charge is 0.0167 e. The van der Waals surface area contributed by atoms with E-state index in [4.69, 9.17) is 0 Å². The van der Waals surface area contributed by atoms with Crippen molar-refractivity contribution < 1.29 is 0 Å². The summed E-state index contributed by atoms with van der Waals surface area (Å²) in [6.07, 6.45) is 6.75. The maximum atomic E-state index is 2.75. The molecule has 0 amide bonds. The zero-order chi connectivity index (χ0) is 11.7. The van der Waals surface area contributed by atoms with E-state index < -0.39 is 0 Å². The third-order valence-corrected chi connectivity index (χ3v) is 4.57. The minimum absolute atomic E-state index is 0.820. The number of aryl methyl sites for hydroxylation is 1. The molecule has 1 aromatic carbocycles. The zero-order valence-electron chi connectivity index (χ0n) is 10.9. The fraction of sp³-hybridized carbons (Fsp3) is 0.625. The maximum Gasteiger partial charge on any atom is 0.0167 e. The highest BCUT2D eigenvalue weighted by atomic mass is 15.2. The molecule has 0 spiro atoms. The van der Waals surface area contributed by atoms with E-state index in [1.54, 1.807) is 11.1 Å². The molecule has 1 fully saturated rings. The van der Waals surface area contributed by atoms with Gasteiger partial charge in [0.05, 0.1) is 0 Å². The van der Waals surface area contributed by atoms with Crippen LogP contribution in [0, 0.1) is 0 Å². The molecule has 0 N–H and O–H groups in total. The Bertz CT molecular complexity index is 383. The van der Waals surface area contributed by atoms with Crippen LogP contribution in [-0.2, 0) is 6.42 Å². The van der Waals surface area contributed by atoms with E-state index >= 15 is 0 Å². The van der Waals surface area contributed by atoms with Crippen molar-refractivity contribution in [1.29, 1.82) is 0 Å². The minimum atomic E-state index is 0.820. The van der Waals surface area contributed by atoms with Gasteiger partial charge in [-0.05, 0) is 62.2 Å². The monoisotopic (exact) mass is 229 g/mol. The summed E-state index contributed by atoms with van der Waals surface area (Å²) in [5.41, 5.74) is 3.27. The predicted molar refractivity (Wildman–Crippen MR) is 72.4 cm³/mol. The summed E-state index contributed by atoms with van der Waals surface area (Å²) in [5.74, 6) is 0.820. The molecule has 0 saturated carbocycles. The summed E-state index contributed by atoms with van der Waals surface area (Å²) in [6.45, 7) is 4.93. The summed E-state index contributed by atoms with van der Waals surface area (Å²) in [7, 11) is 0. The third kappa shape index (κ3) is 2.01. The van der Waals surface area contributed by atoms with Crippen LogP contribution in [0.15, 0.2) is 24.3 Å². The molecule has 17 heavy (non-hydrogen) atoms. The first kappa shape index (κ1) is 11.3. The molecule has 3 rings (SSSR count). The molecule has 0 radical (unpaired) electrons. The van der Waals surface area contributed by atoms with Gasteiger partial charge in [0, 0.05) is 6.04 Å². The molecule has 1 aromatic rings. The highest BCUT2D eigenvalue weighted by Crippen LogP contribution is 2.40. The van der Waals surface area contributed by atoms with Crippen LogP contribution in [0.1, 0.15) is 49.7 Å². The van der Waals surface area contributed by atoms with Gasteiger partial charge in [0.2, 0.25) is 0 Å². The van der Waals surface area contributed by atoms with Crippen LogP contribution < -0.4 is 0 Å². The third-order valence-electron chi connectivity index (χ3n) is 4.57. The highest BCUT2D eigenvalue weighted by molar-refractivity contribution is 5.34. The van der Waals surface area contributed by atoms with Crippen molar-refractivity contribution in [1.82, 2.24) is 4.90 Å². The molecule has 0 bridgehead atoms. The van der Waals surface area contributed by atoms with Crippen LogP contribution >= 0.6 is 0 Å². The number of piperidine rings is 1. The number of nitrogens with zero attached hydrogens (tertiary/aromatic N) is 1. The van der Waals surface area contributed by atoms with Crippen LogP contribution in [0.4, 0.5) is 0 Å². The molecule has 2 unspecified atom stereocenters. The van der Waals surface area contributed by atoms with Gasteiger partial charge in [0.15, 0.2) is 0 Å². The highest BCUT2D eigenvalue weighted by Gasteiger charge is 2.35. The van der Waals surface area contributed by atoms with Gasteiger partial charge < -0.3 is 0 Å². The summed E-state index contributed by atoms with van der Waals surface area (Å²) in [5, 5.41) is 0. The lowest BCUT2D eigenvalue weighted by atomic mass is 9.74. The van der Waals surface area contributed by atoms with Gasteiger partial charge >= 0.3 is 0 Å². The van der Waals surface area contributed by atoms with Crippen LogP contribution in [0.3, 0.4) is 0 Å². The molecule has 1 heterocycles. The SMILES string of the molecule is CCCN1CCCC2c3ccccc3CCC21. The van der Waals surface area contributed by atoms with E-state index in [9.17, 15) is 0 Å². The lowest BCUT2D eigenvalue weighted by Crippen LogP contribution is -2.46. The van der Waals surface area contributed by atoms with Gasteiger partial charge in [-0.25, -0.2) is 0 Å². The largest absolute Gasteiger partial charge is 0.300 e. The zero-order valence-corrected chi connectivity index (χ0v) is 10.9. The number of hydrogen-bond donors (Lipinski definition) is 0. The van der Waals surface area contributed by atoms with Crippen molar-refractivity contribution in [2.45, 2.75) is 51.0 Å². The minimum Gasteiger partial charge on any atom is -0.300 e. The molecule has 1 aliphatic heterocycles. The molecule has 1 saturated heterocycles. The molecule has 2 aliphatic rings. The van der Waals surface area contributed by atoms with Crippen molar-refractivity contribution in [2.24, 2.45) is 0 Å². The van der Waals surface area contributed by atoms with Gasteiger partial charge in [-0.3, -0.25) is 4.90 Å². The second kappa shape index (κ2) is 4.81. The Morgan fingerprint density at radius 1 is 1.24 bits per heavy atom. The van der Waals surface area contributed by atoms with E-state index in [1.165, 1.54) is 45.2 Å². The first-order valence-electron chi connectivity index (χ1n) is 7.22. The number of rotatable bonds is 2. The van der Waals surface area contributed by atoms with E-state index in [0.29, 0.717) is 0 Å². The van der Waals surface area contributed by atoms with Crippen molar-refractivity contribution in [3.63, 3.8) is 0 Å². The molecule has 1 aliphatic carbocycles. The summed E-state index contributed by atoms with van der Waals surface area (Å²) in [6, 6.07) is 9.97. The second-order valence-electron chi connectivity index (χ2n) is 5.59. The van der Waals surface area contributed by atoms with Crippen molar-refractivity contribution in [2.75, 3.05) is 13.1 Å². The van der Waals surface area contributed by atoms with Crippen LogP contribution in [0.2, 0.25) is 0 Å². The lowest BCUT2D eigenvalue weighted by Gasteiger charge is -2.45. The average molecular weight is 229 g/mol. The maximum absolute atomic E-state index is 2.75. The van der Waals surface area contributed by atoms with Crippen LogP contribution in [-0.4, -0.2) is 24.0 Å². The quantitative estimate of drug-likeness (QED) is 0.749. The Labute approximate surface area is 105 Å². The summed E-state index contributed by atoms with van der Waals surface area (Å²) < 4.78 is 0. The predicted octanol–water partition coefficient (Wildman–Crippen LogP) is 3.59. The van der Waals surface area contributed by atoms with Gasteiger partial charge in [0.25, 0.3) is 0 Å². The Hall–Kier alpha value is -0.820. The lowest BCUT2D eigenvalue weighted by molar-refractivity contribution is 0.113. The fourth-order valence-electron chi connectivity index (χ4n) is 3.87. The van der Waals surface area contributed by atoms with Crippen LogP contribution in [0.5, 0.6) is 0 Å². The molecular weight excluding hydrogens is 206 g/mol. The van der Waals surface area contributed by atoms with E-state index in [1.807, 2.05) is 0 Å². The van der Waals surface area contributed by atoms with Crippen molar-refractivity contribution in [3.8, 4) is 0 Å². The summed E-state index contributed by atoms with van der Waals surface area (Å²) >= 11 is 0. The molecule has 92 valence electrons. The Morgan fingerprint density at radius 2 is 2.12 bits per heavy atom. The standard InChI is InChI=1S/C16H23N/c1-2-11-17-12-5-8-15-14-7-4-3-6-13(14)9-10-16(15)17/h3-4,6-7,15-16H,2,5,8-12H2,1H3. The fourth-order valence-corrected chi connectivity index (χ4v) is 3.87. The number of benzene rings is 1. The van der Waals surface area contributed by atoms with E-state index in [0.717, 1.165) is 12.0 Å². The van der Waals surface area contributed by atoms with Crippen molar-refractivity contribution in [3.05, 3.63) is 35.4 Å². The number of fused-ring (bicyclic) bond motifs is 3. The van der Waals surface area contributed by atoms with E-state index in [2.05, 4.69) is 36.1 Å². The molecule has 2 atom stereocenters. The number of likely N-dealkylation sites (tertiary alicyclic amines) is 1. The first-order valence-corrected chi connectivity index (χ1v) is 7.22. The average Bonchev–Trinajstić information content (AvgIpc) is 2.39. The Kier molecular flexibility index (Phi) is 3.19.